The van der Waals surface area contributed by atoms with E-state index in [2.05, 4.69) is 99.6 Å². The molecule has 0 spiro atoms. The summed E-state index contributed by atoms with van der Waals surface area (Å²) >= 11 is 1.61. The molecular formula is C41H75NO6SSi2. The minimum atomic E-state index is -2.39. The van der Waals surface area contributed by atoms with Crippen LogP contribution in [0.1, 0.15) is 139 Å². The molecule has 0 aromatic carbocycles. The molecule has 0 saturated carbocycles. The fourth-order valence-corrected chi connectivity index (χ4v) is 9.33. The van der Waals surface area contributed by atoms with E-state index in [0.717, 1.165) is 42.0 Å². The zero-order valence-electron chi connectivity index (χ0n) is 35.5. The number of carbonyl (C=O) groups excluding carboxylic acids is 1. The Morgan fingerprint density at radius 2 is 1.51 bits per heavy atom. The maximum atomic E-state index is 14.9. The average Bonchev–Trinajstić information content (AvgIpc) is 3.39. The second kappa shape index (κ2) is 19.2. The molecule has 0 unspecified atom stereocenters. The molecule has 1 heterocycles. The number of rotatable bonds is 21. The van der Waals surface area contributed by atoms with Crippen LogP contribution in [0.3, 0.4) is 0 Å². The molecular weight excluding hydrogens is 691 g/mol. The number of carbonyl (C=O) groups is 2. The smallest absolute Gasteiger partial charge is 0.305 e. The lowest BCUT2D eigenvalue weighted by molar-refractivity contribution is -0.147. The van der Waals surface area contributed by atoms with Crippen molar-refractivity contribution in [3.8, 4) is 0 Å². The molecule has 7 nitrogen and oxygen atoms in total. The summed E-state index contributed by atoms with van der Waals surface area (Å²) in [5.74, 6) is -1.17. The number of aryl methyl sites for hydroxylation is 1. The highest BCUT2D eigenvalue weighted by Crippen LogP contribution is 2.45. The largest absolute Gasteiger partial charge is 0.481 e. The number of allylic oxidation sites excluding steroid dienone is 1. The van der Waals surface area contributed by atoms with Gasteiger partial charge in [-0.2, -0.15) is 0 Å². The number of thiazole rings is 1. The minimum Gasteiger partial charge on any atom is -0.481 e. The van der Waals surface area contributed by atoms with Crippen LogP contribution in [0.25, 0.3) is 6.08 Å². The summed E-state index contributed by atoms with van der Waals surface area (Å²) in [6.07, 6.45) is 7.09. The summed E-state index contributed by atoms with van der Waals surface area (Å²) in [4.78, 5) is 31.6. The number of carboxylic acids is 1. The Bertz CT molecular complexity index is 1330. The first-order valence-electron chi connectivity index (χ1n) is 19.1. The third-order valence-electron chi connectivity index (χ3n) is 11.6. The quantitative estimate of drug-likeness (QED) is 0.0948. The van der Waals surface area contributed by atoms with E-state index in [4.69, 9.17) is 8.85 Å². The molecule has 0 aliphatic rings. The predicted octanol–water partition coefficient (Wildman–Crippen LogP) is 11.6. The van der Waals surface area contributed by atoms with Gasteiger partial charge >= 0.3 is 5.97 Å². The first-order chi connectivity index (χ1) is 23.1. The number of carboxylic acid groups (broad SMARTS) is 1. The van der Waals surface area contributed by atoms with Gasteiger partial charge in [-0.25, -0.2) is 4.98 Å². The highest BCUT2D eigenvalue weighted by atomic mass is 32.1. The maximum absolute atomic E-state index is 14.9. The molecule has 0 radical (unpaired) electrons. The zero-order valence-corrected chi connectivity index (χ0v) is 38.3. The van der Waals surface area contributed by atoms with Gasteiger partial charge in [-0.3, -0.25) is 9.59 Å². The monoisotopic (exact) mass is 765 g/mol. The lowest BCUT2D eigenvalue weighted by atomic mass is 9.71. The first-order valence-corrected chi connectivity index (χ1v) is 25.8. The molecule has 1 aromatic heterocycles. The second-order valence-corrected chi connectivity index (χ2v) is 29.2. The van der Waals surface area contributed by atoms with Crippen LogP contribution in [0.2, 0.25) is 36.3 Å². The molecule has 5 atom stereocenters. The van der Waals surface area contributed by atoms with Crippen molar-refractivity contribution < 1.29 is 28.7 Å². The van der Waals surface area contributed by atoms with E-state index >= 15 is 0 Å². The number of aliphatic hydroxyl groups is 1. The minimum absolute atomic E-state index is 0.0390. The van der Waals surface area contributed by atoms with Crippen LogP contribution in [0.4, 0.5) is 0 Å². The first kappa shape index (κ1) is 47.6. The highest BCUT2D eigenvalue weighted by molar-refractivity contribution is 7.09. The van der Waals surface area contributed by atoms with Gasteiger partial charge in [-0.05, 0) is 107 Å². The Hall–Kier alpha value is -1.44. The van der Waals surface area contributed by atoms with Crippen molar-refractivity contribution in [1.29, 1.82) is 0 Å². The second-order valence-electron chi connectivity index (χ2n) is 18.6. The normalized spacial score (nSPS) is 17.2. The topological polar surface area (TPSA) is 106 Å². The van der Waals surface area contributed by atoms with E-state index in [1.165, 1.54) is 5.57 Å². The summed E-state index contributed by atoms with van der Waals surface area (Å²) in [7, 11) is -4.68. The zero-order chi connectivity index (χ0) is 39.8. The lowest BCUT2D eigenvalue weighted by Crippen LogP contribution is -2.55. The van der Waals surface area contributed by atoms with Gasteiger partial charge in [0.1, 0.15) is 5.78 Å². The van der Waals surface area contributed by atoms with E-state index in [1.54, 1.807) is 11.3 Å². The van der Waals surface area contributed by atoms with Gasteiger partial charge in [0.2, 0.25) is 0 Å². The summed E-state index contributed by atoms with van der Waals surface area (Å²) < 4.78 is 14.0. The van der Waals surface area contributed by atoms with E-state index < -0.39 is 40.2 Å². The fourth-order valence-electron chi connectivity index (χ4n) is 5.88. The number of aromatic nitrogens is 1. The standard InChI is InChI=1S/C41H75NO6SSi2/c1-18-20-33(38(46)41(12,13)35(26-36(44)45)47-50(14,15)39(6,7)8)37(48-51(16,17)40(9,10)11)29(3)22-19-21-28(2)23-24-34(43)30(4)25-32-27-49-31(5)42-32/h23,25,27,29,33-35,37,43H,18-22,24,26H2,1-17H3,(H,44,45)/b28-23-,30-25+/t29-,33+,34-,35-,37-/m0/s1. The Kier molecular flexibility index (Phi) is 18.0. The molecule has 0 saturated heterocycles. The summed E-state index contributed by atoms with van der Waals surface area (Å²) in [5.41, 5.74) is 2.01. The van der Waals surface area contributed by atoms with Crippen LogP contribution >= 0.6 is 11.3 Å². The molecule has 2 N–H and O–H groups in total. The fraction of sp³-hybridized carbons (Fsp3) is 0.780. The number of ketones is 1. The predicted molar refractivity (Wildman–Crippen MR) is 221 cm³/mol. The van der Waals surface area contributed by atoms with Crippen molar-refractivity contribution in [3.63, 3.8) is 0 Å². The number of aliphatic carboxylic acids is 1. The van der Waals surface area contributed by atoms with Gasteiger partial charge in [0.05, 0.1) is 35.4 Å². The lowest BCUT2D eigenvalue weighted by Gasteiger charge is -2.47. The Labute approximate surface area is 318 Å². The van der Waals surface area contributed by atoms with Gasteiger partial charge in [0.15, 0.2) is 16.6 Å². The number of hydrogen-bond acceptors (Lipinski definition) is 7. The molecule has 0 aliphatic heterocycles. The third kappa shape index (κ3) is 14.4. The van der Waals surface area contributed by atoms with Crippen molar-refractivity contribution in [2.24, 2.45) is 17.3 Å². The van der Waals surface area contributed by atoms with Crippen LogP contribution in [0.5, 0.6) is 0 Å². The molecule has 1 rings (SSSR count). The van der Waals surface area contributed by atoms with Crippen molar-refractivity contribution in [3.05, 3.63) is 33.3 Å². The van der Waals surface area contributed by atoms with Crippen molar-refractivity contribution in [2.45, 2.75) is 190 Å². The van der Waals surface area contributed by atoms with Crippen molar-refractivity contribution in [2.75, 3.05) is 0 Å². The number of hydrogen-bond donors (Lipinski definition) is 2. The van der Waals surface area contributed by atoms with Gasteiger partial charge < -0.3 is 19.1 Å². The van der Waals surface area contributed by atoms with Crippen LogP contribution in [0, 0.1) is 24.2 Å². The molecule has 10 heteroatoms. The van der Waals surface area contributed by atoms with E-state index in [1.807, 2.05) is 39.2 Å². The molecule has 1 aromatic rings. The average molecular weight is 766 g/mol. The third-order valence-corrected chi connectivity index (χ3v) is 21.4. The maximum Gasteiger partial charge on any atom is 0.305 e. The molecule has 294 valence electrons. The Morgan fingerprint density at radius 1 is 0.961 bits per heavy atom. The van der Waals surface area contributed by atoms with Gasteiger partial charge in [-0.1, -0.05) is 87.3 Å². The van der Waals surface area contributed by atoms with Crippen molar-refractivity contribution in [1.82, 2.24) is 4.98 Å². The molecule has 0 amide bonds. The summed E-state index contributed by atoms with van der Waals surface area (Å²) in [6.45, 7) is 36.0. The highest BCUT2D eigenvalue weighted by Gasteiger charge is 2.50. The molecule has 0 bridgehead atoms. The van der Waals surface area contributed by atoms with Crippen LogP contribution < -0.4 is 0 Å². The number of aliphatic hydroxyl groups excluding tert-OH is 1. The van der Waals surface area contributed by atoms with Crippen LogP contribution in [0.15, 0.2) is 22.6 Å². The Morgan fingerprint density at radius 3 is 1.98 bits per heavy atom. The Balaban J connectivity index is 3.34. The van der Waals surface area contributed by atoms with Crippen LogP contribution in [-0.2, 0) is 18.4 Å². The van der Waals surface area contributed by atoms with E-state index in [-0.39, 0.29) is 40.2 Å². The molecule has 0 aliphatic carbocycles. The number of nitrogens with zero attached hydrogens (tertiary/aromatic N) is 1. The van der Waals surface area contributed by atoms with Crippen molar-refractivity contribution >= 4 is 45.8 Å². The SMILES string of the molecule is CCC[C@@H](C(=O)C(C)(C)[C@H](CC(=O)O)O[Si](C)(C)C(C)(C)C)[C@@H](O[Si](C)(C)C(C)(C)C)[C@@H](C)CCC/C(C)=C\C[C@H](O)/C(C)=C/c1csc(C)n1. The van der Waals surface area contributed by atoms with Gasteiger partial charge in [0.25, 0.3) is 0 Å². The van der Waals surface area contributed by atoms with Gasteiger partial charge in [-0.15, -0.1) is 11.3 Å². The van der Waals surface area contributed by atoms with E-state index in [9.17, 15) is 19.8 Å². The molecule has 0 fully saturated rings. The molecule has 51 heavy (non-hydrogen) atoms. The van der Waals surface area contributed by atoms with Gasteiger partial charge in [0, 0.05) is 16.7 Å². The summed E-state index contributed by atoms with van der Waals surface area (Å²) in [5, 5.41) is 23.6. The van der Waals surface area contributed by atoms with E-state index in [0.29, 0.717) is 12.8 Å². The van der Waals surface area contributed by atoms with Crippen LogP contribution in [-0.4, -0.2) is 61.9 Å². The summed E-state index contributed by atoms with van der Waals surface area (Å²) in [6, 6.07) is 0. The number of Topliss-reactive ketones (excluding diaryl/α,β-unsaturated/α-hetero) is 1.